The third kappa shape index (κ3) is 11.6. The molecule has 1 heterocycles. The first kappa shape index (κ1) is 39.1. The minimum Gasteiger partial charge on any atom is -0.377 e. The number of allylic oxidation sites excluding steroid dienone is 8. The minimum absolute atomic E-state index is 0.00706. The van der Waals surface area contributed by atoms with E-state index in [-0.39, 0.29) is 12.0 Å². The normalized spacial score (nSPS) is 19.5. The quantitative estimate of drug-likeness (QED) is 0.0604. The standard InChI is InChI=1S/C39H63N5O2/c1-11-30(6)34(25-32(12-2)21-19-17-15-14-16-18-20-29(4)5)35(13-3)44(9)38(45)39(8,27-40-37-26-42-43-28-41-37)33-22-23-36(46-10)31(7)24-33/h12,14,16,22-24,26,28-29,31,36,38,45H,6,11,13,15,17-21,25,27H2,1-5,7-10H3,(H,40,41,43)/b16-14?,32-12+,35-34+/t31?,36-,38?,39-/m0/s1. The van der Waals surface area contributed by atoms with Gasteiger partial charge in [-0.1, -0.05) is 88.8 Å². The number of ether oxygens (including phenoxy) is 1. The maximum atomic E-state index is 12.3. The highest BCUT2D eigenvalue weighted by molar-refractivity contribution is 5.40. The van der Waals surface area contributed by atoms with Crippen LogP contribution in [0.5, 0.6) is 0 Å². The largest absolute Gasteiger partial charge is 0.377 e. The van der Waals surface area contributed by atoms with Crippen molar-refractivity contribution >= 4 is 5.82 Å². The van der Waals surface area contributed by atoms with Crippen molar-refractivity contribution in [3.05, 3.63) is 83.5 Å². The van der Waals surface area contributed by atoms with Crippen LogP contribution < -0.4 is 5.32 Å². The van der Waals surface area contributed by atoms with E-state index >= 15 is 0 Å². The molecule has 256 valence electrons. The number of unbranched alkanes of at least 4 members (excludes halogenated alkanes) is 2. The molecular weight excluding hydrogens is 570 g/mol. The van der Waals surface area contributed by atoms with E-state index in [1.165, 1.54) is 43.2 Å². The fourth-order valence-electron chi connectivity index (χ4n) is 6.16. The predicted molar refractivity (Wildman–Crippen MR) is 194 cm³/mol. The predicted octanol–water partition coefficient (Wildman–Crippen LogP) is 9.21. The molecule has 1 aromatic rings. The zero-order valence-corrected chi connectivity index (χ0v) is 30.4. The summed E-state index contributed by atoms with van der Waals surface area (Å²) < 4.78 is 5.67. The molecule has 0 aliphatic heterocycles. The van der Waals surface area contributed by atoms with Crippen LogP contribution in [-0.2, 0) is 4.74 Å². The van der Waals surface area contributed by atoms with Gasteiger partial charge >= 0.3 is 0 Å². The lowest BCUT2D eigenvalue weighted by atomic mass is 9.75. The molecule has 46 heavy (non-hydrogen) atoms. The summed E-state index contributed by atoms with van der Waals surface area (Å²) in [5.41, 5.74) is 5.30. The van der Waals surface area contributed by atoms with Crippen LogP contribution in [0.4, 0.5) is 5.82 Å². The Balaban J connectivity index is 2.33. The highest BCUT2D eigenvalue weighted by Gasteiger charge is 2.41. The van der Waals surface area contributed by atoms with E-state index in [1.54, 1.807) is 13.3 Å². The number of rotatable bonds is 21. The molecule has 0 saturated carbocycles. The van der Waals surface area contributed by atoms with Gasteiger partial charge in [-0.05, 0) is 88.7 Å². The molecule has 0 spiro atoms. The number of nitrogens with zero attached hydrogens (tertiary/aromatic N) is 4. The first-order valence-corrected chi connectivity index (χ1v) is 17.4. The second-order valence-corrected chi connectivity index (χ2v) is 13.3. The second kappa shape index (κ2) is 20.3. The Labute approximate surface area is 280 Å². The fraction of sp³-hybridized carbons (Fsp3) is 0.615. The Morgan fingerprint density at radius 1 is 1.17 bits per heavy atom. The molecule has 0 bridgehead atoms. The molecular formula is C39H63N5O2. The molecule has 2 rings (SSSR count). The van der Waals surface area contributed by atoms with Gasteiger partial charge in [0.15, 0.2) is 0 Å². The fourth-order valence-corrected chi connectivity index (χ4v) is 6.16. The third-order valence-corrected chi connectivity index (χ3v) is 9.40. The molecule has 1 aliphatic carbocycles. The van der Waals surface area contributed by atoms with Crippen molar-refractivity contribution in [3.8, 4) is 0 Å². The number of aliphatic hydroxyl groups excluding tert-OH is 1. The third-order valence-electron chi connectivity index (χ3n) is 9.40. The highest BCUT2D eigenvalue weighted by atomic mass is 16.5. The van der Waals surface area contributed by atoms with Crippen molar-refractivity contribution in [1.29, 1.82) is 0 Å². The Kier molecular flexibility index (Phi) is 17.2. The molecule has 1 aromatic heterocycles. The number of methoxy groups -OCH3 is 1. The molecule has 0 saturated heterocycles. The number of anilines is 1. The van der Waals surface area contributed by atoms with Gasteiger partial charge in [0, 0.05) is 32.3 Å². The zero-order chi connectivity index (χ0) is 34.1. The Morgan fingerprint density at radius 3 is 2.50 bits per heavy atom. The van der Waals surface area contributed by atoms with Gasteiger partial charge in [-0.2, -0.15) is 5.10 Å². The number of aromatic nitrogens is 3. The van der Waals surface area contributed by atoms with Crippen molar-refractivity contribution < 1.29 is 9.84 Å². The summed E-state index contributed by atoms with van der Waals surface area (Å²) in [4.78, 5) is 6.39. The molecule has 0 fully saturated rings. The molecule has 2 unspecified atom stereocenters. The van der Waals surface area contributed by atoms with E-state index in [0.717, 1.165) is 54.9 Å². The molecule has 4 atom stereocenters. The molecule has 0 aromatic carbocycles. The van der Waals surface area contributed by atoms with Crippen LogP contribution in [0.2, 0.25) is 0 Å². The Hall–Kier alpha value is -3.03. The topological polar surface area (TPSA) is 83.4 Å². The Bertz CT molecular complexity index is 1220. The average Bonchev–Trinajstić information content (AvgIpc) is 3.06. The van der Waals surface area contributed by atoms with E-state index in [9.17, 15) is 5.11 Å². The summed E-state index contributed by atoms with van der Waals surface area (Å²) in [7, 11) is 3.76. The Morgan fingerprint density at radius 2 is 1.91 bits per heavy atom. The lowest BCUT2D eigenvalue weighted by Gasteiger charge is -2.44. The van der Waals surface area contributed by atoms with Crippen molar-refractivity contribution in [1.82, 2.24) is 20.1 Å². The van der Waals surface area contributed by atoms with Crippen LogP contribution in [-0.4, -0.2) is 58.2 Å². The summed E-state index contributed by atoms with van der Waals surface area (Å²) >= 11 is 0. The molecule has 0 amide bonds. The maximum Gasteiger partial charge on any atom is 0.148 e. The number of hydrogen-bond donors (Lipinski definition) is 2. The lowest BCUT2D eigenvalue weighted by Crippen LogP contribution is -2.49. The van der Waals surface area contributed by atoms with Gasteiger partial charge in [-0.15, -0.1) is 5.10 Å². The van der Waals surface area contributed by atoms with E-state index in [2.05, 4.69) is 117 Å². The first-order chi connectivity index (χ1) is 22.0. The van der Waals surface area contributed by atoms with Crippen molar-refractivity contribution in [2.45, 2.75) is 119 Å². The van der Waals surface area contributed by atoms with Gasteiger partial charge in [0.1, 0.15) is 18.4 Å². The van der Waals surface area contributed by atoms with Crippen LogP contribution in [0.25, 0.3) is 0 Å². The summed E-state index contributed by atoms with van der Waals surface area (Å²) in [5, 5.41) is 23.5. The number of nitrogens with one attached hydrogen (secondary N) is 1. The molecule has 2 N–H and O–H groups in total. The van der Waals surface area contributed by atoms with Gasteiger partial charge in [-0.25, -0.2) is 4.98 Å². The molecule has 7 heteroatoms. The SMILES string of the molecule is C=C(CC)/C(C/C(=C/C)CCCCC=CCCC(C)C)=C(\CC)N(C)C(O)[C@@](C)(CNc1cnncn1)C1=CC(C)[C@@H](OC)C=C1. The van der Waals surface area contributed by atoms with E-state index in [0.29, 0.717) is 12.4 Å². The average molecular weight is 634 g/mol. The van der Waals surface area contributed by atoms with E-state index < -0.39 is 11.6 Å². The molecule has 7 nitrogen and oxygen atoms in total. The summed E-state index contributed by atoms with van der Waals surface area (Å²) in [6.45, 7) is 20.3. The molecule has 1 aliphatic rings. The first-order valence-electron chi connectivity index (χ1n) is 17.4. The minimum atomic E-state index is -0.830. The number of hydrogen-bond acceptors (Lipinski definition) is 7. The molecule has 0 radical (unpaired) electrons. The second-order valence-electron chi connectivity index (χ2n) is 13.3. The van der Waals surface area contributed by atoms with Gasteiger partial charge in [0.05, 0.1) is 17.7 Å². The smallest absolute Gasteiger partial charge is 0.148 e. The van der Waals surface area contributed by atoms with E-state index in [1.807, 2.05) is 7.05 Å². The van der Waals surface area contributed by atoms with E-state index in [4.69, 9.17) is 4.74 Å². The van der Waals surface area contributed by atoms with Crippen LogP contribution in [0.1, 0.15) is 106 Å². The van der Waals surface area contributed by atoms with Gasteiger partial charge in [0.25, 0.3) is 0 Å². The van der Waals surface area contributed by atoms with Crippen molar-refractivity contribution in [2.24, 2.45) is 17.3 Å². The summed E-state index contributed by atoms with van der Waals surface area (Å²) in [6, 6.07) is 0. The summed E-state index contributed by atoms with van der Waals surface area (Å²) in [5.74, 6) is 1.55. The zero-order valence-electron chi connectivity index (χ0n) is 30.4. The maximum absolute atomic E-state index is 12.3. The van der Waals surface area contributed by atoms with Crippen LogP contribution in [0, 0.1) is 17.3 Å². The lowest BCUT2D eigenvalue weighted by molar-refractivity contribution is -0.0346. The van der Waals surface area contributed by atoms with Crippen molar-refractivity contribution in [2.75, 3.05) is 26.0 Å². The van der Waals surface area contributed by atoms with Crippen LogP contribution in [0.3, 0.4) is 0 Å². The monoisotopic (exact) mass is 633 g/mol. The summed E-state index contributed by atoms with van der Waals surface area (Å²) in [6.07, 6.45) is 25.1. The highest BCUT2D eigenvalue weighted by Crippen LogP contribution is 2.40. The van der Waals surface area contributed by atoms with Gasteiger partial charge in [0.2, 0.25) is 0 Å². The van der Waals surface area contributed by atoms with Gasteiger partial charge < -0.3 is 20.1 Å². The van der Waals surface area contributed by atoms with Gasteiger partial charge in [-0.3, -0.25) is 0 Å². The van der Waals surface area contributed by atoms with Crippen molar-refractivity contribution in [3.63, 3.8) is 0 Å². The van der Waals surface area contributed by atoms with Crippen LogP contribution in [0.15, 0.2) is 83.5 Å². The van der Waals surface area contributed by atoms with Crippen LogP contribution >= 0.6 is 0 Å². The number of aliphatic hydroxyl groups is 1.